The van der Waals surface area contributed by atoms with Crippen LogP contribution in [0, 0.1) is 0 Å². The van der Waals surface area contributed by atoms with Gasteiger partial charge in [-0.2, -0.15) is 0 Å². The van der Waals surface area contributed by atoms with Crippen LogP contribution in [-0.2, 0) is 12.8 Å². The fourth-order valence-corrected chi connectivity index (χ4v) is 4.02. The first-order chi connectivity index (χ1) is 7.93. The van der Waals surface area contributed by atoms with Crippen LogP contribution < -0.4 is 5.32 Å². The molecule has 3 heteroatoms. The third-order valence-electron chi connectivity index (χ3n) is 3.72. The van der Waals surface area contributed by atoms with Gasteiger partial charge in [0.05, 0.1) is 11.7 Å². The zero-order chi connectivity index (χ0) is 10.8. The van der Waals surface area contributed by atoms with Crippen LogP contribution in [0.25, 0.3) is 0 Å². The molecule has 1 aliphatic heterocycles. The summed E-state index contributed by atoms with van der Waals surface area (Å²) in [5.41, 5.74) is 1.42. The highest BCUT2D eigenvalue weighted by molar-refractivity contribution is 7.11. The molecule has 1 aromatic heterocycles. The van der Waals surface area contributed by atoms with E-state index in [0.29, 0.717) is 6.04 Å². The topological polar surface area (TPSA) is 24.9 Å². The monoisotopic (exact) mass is 236 g/mol. The Hall–Kier alpha value is -0.410. The largest absolute Gasteiger partial charge is 0.308 e. The van der Waals surface area contributed by atoms with Crippen LogP contribution in [0.2, 0.25) is 0 Å². The smallest absolute Gasteiger partial charge is 0.110 e. The van der Waals surface area contributed by atoms with E-state index in [4.69, 9.17) is 4.98 Å². The minimum absolute atomic E-state index is 0.561. The average Bonchev–Trinajstić information content (AvgIpc) is 2.62. The first-order valence-electron chi connectivity index (χ1n) is 6.65. The van der Waals surface area contributed by atoms with Gasteiger partial charge in [0, 0.05) is 4.88 Å². The van der Waals surface area contributed by atoms with E-state index in [2.05, 4.69) is 5.32 Å². The van der Waals surface area contributed by atoms with E-state index in [1.54, 1.807) is 4.88 Å². The lowest BCUT2D eigenvalue weighted by molar-refractivity contribution is 0.410. The van der Waals surface area contributed by atoms with Gasteiger partial charge in [0.25, 0.3) is 0 Å². The van der Waals surface area contributed by atoms with Crippen LogP contribution in [0.1, 0.15) is 60.1 Å². The number of aromatic nitrogens is 1. The highest BCUT2D eigenvalue weighted by Crippen LogP contribution is 2.32. The van der Waals surface area contributed by atoms with Crippen molar-refractivity contribution >= 4 is 11.3 Å². The summed E-state index contributed by atoms with van der Waals surface area (Å²) in [6, 6.07) is 0.561. The molecule has 0 aromatic carbocycles. The molecule has 16 heavy (non-hydrogen) atoms. The van der Waals surface area contributed by atoms with E-state index in [1.807, 2.05) is 11.3 Å². The summed E-state index contributed by atoms with van der Waals surface area (Å²) in [5.74, 6) is 0. The Morgan fingerprint density at radius 1 is 1.06 bits per heavy atom. The highest BCUT2D eigenvalue weighted by atomic mass is 32.1. The van der Waals surface area contributed by atoms with Gasteiger partial charge in [0.15, 0.2) is 0 Å². The van der Waals surface area contributed by atoms with Crippen LogP contribution in [0.4, 0.5) is 0 Å². The summed E-state index contributed by atoms with van der Waals surface area (Å²) in [6.45, 7) is 1.18. The van der Waals surface area contributed by atoms with E-state index < -0.39 is 0 Å². The van der Waals surface area contributed by atoms with Crippen LogP contribution in [-0.4, -0.2) is 11.5 Å². The molecule has 0 amide bonds. The molecule has 2 nitrogen and oxygen atoms in total. The maximum absolute atomic E-state index is 4.89. The number of nitrogens with zero attached hydrogens (tertiary/aromatic N) is 1. The van der Waals surface area contributed by atoms with Gasteiger partial charge in [-0.1, -0.05) is 12.8 Å². The van der Waals surface area contributed by atoms with E-state index >= 15 is 0 Å². The standard InChI is InChI=1S/C13H20N2S/c1-2-6-10-12(8-3-1)16-13(15-10)11-7-4-5-9-14-11/h11,14H,1-9H2. The summed E-state index contributed by atoms with van der Waals surface area (Å²) >= 11 is 1.98. The lowest BCUT2D eigenvalue weighted by Crippen LogP contribution is -2.26. The van der Waals surface area contributed by atoms with Gasteiger partial charge in [0.1, 0.15) is 5.01 Å². The van der Waals surface area contributed by atoms with Crippen molar-refractivity contribution in [1.29, 1.82) is 0 Å². The van der Waals surface area contributed by atoms with Crippen molar-refractivity contribution < 1.29 is 0 Å². The number of rotatable bonds is 1. The molecule has 1 aliphatic carbocycles. The Morgan fingerprint density at radius 2 is 2.00 bits per heavy atom. The number of hydrogen-bond donors (Lipinski definition) is 1. The molecule has 0 radical (unpaired) electrons. The molecule has 1 atom stereocenters. The van der Waals surface area contributed by atoms with Crippen LogP contribution >= 0.6 is 11.3 Å². The van der Waals surface area contributed by atoms with Crippen molar-refractivity contribution in [3.8, 4) is 0 Å². The molecule has 0 saturated carbocycles. The van der Waals surface area contributed by atoms with E-state index in [1.165, 1.54) is 68.6 Å². The molecule has 2 aliphatic rings. The van der Waals surface area contributed by atoms with E-state index in [9.17, 15) is 0 Å². The first-order valence-corrected chi connectivity index (χ1v) is 7.47. The molecular weight excluding hydrogens is 216 g/mol. The molecular formula is C13H20N2S. The summed E-state index contributed by atoms with van der Waals surface area (Å²) in [6.07, 6.45) is 10.6. The molecule has 1 aromatic rings. The number of nitrogens with one attached hydrogen (secondary N) is 1. The van der Waals surface area contributed by atoms with Crippen molar-refractivity contribution in [2.45, 2.75) is 57.4 Å². The molecule has 1 saturated heterocycles. The fourth-order valence-electron chi connectivity index (χ4n) is 2.76. The zero-order valence-corrected chi connectivity index (χ0v) is 10.6. The molecule has 1 unspecified atom stereocenters. The van der Waals surface area contributed by atoms with Crippen molar-refractivity contribution in [2.24, 2.45) is 0 Å². The second-order valence-corrected chi connectivity index (χ2v) is 6.10. The van der Waals surface area contributed by atoms with Crippen molar-refractivity contribution in [3.63, 3.8) is 0 Å². The Morgan fingerprint density at radius 3 is 2.88 bits per heavy atom. The van der Waals surface area contributed by atoms with Crippen molar-refractivity contribution in [3.05, 3.63) is 15.6 Å². The molecule has 1 fully saturated rings. The molecule has 0 spiro atoms. The number of hydrogen-bond acceptors (Lipinski definition) is 3. The zero-order valence-electron chi connectivity index (χ0n) is 9.80. The summed E-state index contributed by atoms with van der Waals surface area (Å²) < 4.78 is 0. The third kappa shape index (κ3) is 2.16. The Bertz CT molecular complexity index is 329. The Balaban J connectivity index is 1.80. The van der Waals surface area contributed by atoms with Gasteiger partial charge in [-0.3, -0.25) is 0 Å². The van der Waals surface area contributed by atoms with Gasteiger partial charge in [-0.05, 0) is 45.1 Å². The van der Waals surface area contributed by atoms with E-state index in [-0.39, 0.29) is 0 Å². The summed E-state index contributed by atoms with van der Waals surface area (Å²) in [4.78, 5) is 6.47. The Kier molecular flexibility index (Phi) is 3.25. The molecule has 0 bridgehead atoms. The summed E-state index contributed by atoms with van der Waals surface area (Å²) in [7, 11) is 0. The van der Waals surface area contributed by atoms with Gasteiger partial charge < -0.3 is 5.32 Å². The fraction of sp³-hybridized carbons (Fsp3) is 0.769. The van der Waals surface area contributed by atoms with Crippen molar-refractivity contribution in [2.75, 3.05) is 6.54 Å². The summed E-state index contributed by atoms with van der Waals surface area (Å²) in [5, 5.41) is 4.98. The van der Waals surface area contributed by atoms with Gasteiger partial charge in [0.2, 0.25) is 0 Å². The lowest BCUT2D eigenvalue weighted by atomic mass is 10.1. The van der Waals surface area contributed by atoms with Crippen LogP contribution in [0.5, 0.6) is 0 Å². The first kappa shape index (κ1) is 10.7. The second-order valence-electron chi connectivity index (χ2n) is 4.99. The SMILES string of the molecule is C1CCc2nc(C3CCCCN3)sc2CC1. The van der Waals surface area contributed by atoms with Crippen LogP contribution in [0.3, 0.4) is 0 Å². The minimum atomic E-state index is 0.561. The average molecular weight is 236 g/mol. The molecule has 1 N–H and O–H groups in total. The number of thiazole rings is 1. The minimum Gasteiger partial charge on any atom is -0.308 e. The quantitative estimate of drug-likeness (QED) is 0.757. The normalized spacial score (nSPS) is 26.1. The molecule has 2 heterocycles. The predicted molar refractivity (Wildman–Crippen MR) is 68.0 cm³/mol. The number of piperidine rings is 1. The van der Waals surface area contributed by atoms with E-state index in [0.717, 1.165) is 0 Å². The maximum atomic E-state index is 4.89. The predicted octanol–water partition coefficient (Wildman–Crippen LogP) is 3.23. The Labute approximate surface area is 101 Å². The molecule has 3 rings (SSSR count). The van der Waals surface area contributed by atoms with Gasteiger partial charge in [-0.15, -0.1) is 11.3 Å². The third-order valence-corrected chi connectivity index (χ3v) is 4.99. The number of aryl methyl sites for hydroxylation is 2. The number of fused-ring (bicyclic) bond motifs is 1. The second kappa shape index (κ2) is 4.84. The highest BCUT2D eigenvalue weighted by Gasteiger charge is 2.21. The molecule has 88 valence electrons. The van der Waals surface area contributed by atoms with Crippen molar-refractivity contribution in [1.82, 2.24) is 10.3 Å². The van der Waals surface area contributed by atoms with Crippen LogP contribution in [0.15, 0.2) is 0 Å². The maximum Gasteiger partial charge on any atom is 0.110 e. The van der Waals surface area contributed by atoms with Gasteiger partial charge >= 0.3 is 0 Å². The lowest BCUT2D eigenvalue weighted by Gasteiger charge is -2.21. The van der Waals surface area contributed by atoms with Gasteiger partial charge in [-0.25, -0.2) is 4.98 Å².